The molecule has 1 aliphatic heterocycles. The highest BCUT2D eigenvalue weighted by molar-refractivity contribution is 7.20. The molecule has 23 heavy (non-hydrogen) atoms. The molecule has 3 rings (SSSR count). The van der Waals surface area contributed by atoms with E-state index in [2.05, 4.69) is 16.4 Å². The minimum Gasteiger partial charge on any atom is -0.342 e. The molecule has 0 aliphatic carbocycles. The van der Waals surface area contributed by atoms with E-state index < -0.39 is 0 Å². The predicted molar refractivity (Wildman–Crippen MR) is 102 cm³/mol. The first-order valence-electron chi connectivity index (χ1n) is 7.19. The summed E-state index contributed by atoms with van der Waals surface area (Å²) in [5.41, 5.74) is 0.893. The number of thiazole rings is 1. The minimum absolute atomic E-state index is 0. The summed E-state index contributed by atoms with van der Waals surface area (Å²) in [6.45, 7) is 1.71. The first-order chi connectivity index (χ1) is 10.3. The van der Waals surface area contributed by atoms with Crippen LogP contribution in [-0.2, 0) is 11.2 Å². The molecule has 0 spiro atoms. The summed E-state index contributed by atoms with van der Waals surface area (Å²) < 4.78 is 0. The van der Waals surface area contributed by atoms with Gasteiger partial charge < -0.3 is 10.2 Å². The Morgan fingerprint density at radius 2 is 2.09 bits per heavy atom. The van der Waals surface area contributed by atoms with E-state index in [1.54, 1.807) is 22.7 Å². The second-order valence-electron chi connectivity index (χ2n) is 5.24. The third-order valence-electron chi connectivity index (χ3n) is 3.87. The number of carbonyl (C=O) groups excluding carboxylic acids is 1. The molecular formula is C15H21Cl2N3OS2. The normalized spacial score (nSPS) is 14.9. The Hall–Kier alpha value is -0.660. The van der Waals surface area contributed by atoms with Crippen molar-refractivity contribution in [2.45, 2.75) is 25.3 Å². The highest BCUT2D eigenvalue weighted by Gasteiger charge is 2.22. The molecule has 0 radical (unpaired) electrons. The van der Waals surface area contributed by atoms with E-state index in [1.807, 2.05) is 28.8 Å². The molecule has 8 heteroatoms. The average molecular weight is 394 g/mol. The van der Waals surface area contributed by atoms with E-state index in [9.17, 15) is 4.79 Å². The Labute approximate surface area is 157 Å². The summed E-state index contributed by atoms with van der Waals surface area (Å²) in [7, 11) is 1.99. The van der Waals surface area contributed by atoms with Crippen LogP contribution in [0.4, 0.5) is 0 Å². The zero-order valence-corrected chi connectivity index (χ0v) is 16.1. The molecule has 1 N–H and O–H groups in total. The van der Waals surface area contributed by atoms with Crippen LogP contribution in [0.15, 0.2) is 22.9 Å². The summed E-state index contributed by atoms with van der Waals surface area (Å²) in [5.74, 6) is 0.201. The lowest BCUT2D eigenvalue weighted by Gasteiger charge is -2.31. The highest BCUT2D eigenvalue weighted by Crippen LogP contribution is 2.28. The van der Waals surface area contributed by atoms with Crippen molar-refractivity contribution in [1.29, 1.82) is 0 Å². The number of nitrogens with zero attached hydrogens (tertiary/aromatic N) is 2. The van der Waals surface area contributed by atoms with Gasteiger partial charge in [0.25, 0.3) is 0 Å². The van der Waals surface area contributed by atoms with Gasteiger partial charge >= 0.3 is 0 Å². The highest BCUT2D eigenvalue weighted by atomic mass is 35.5. The molecule has 0 aromatic carbocycles. The number of nitrogens with one attached hydrogen (secondary N) is 1. The number of aromatic nitrogens is 1. The van der Waals surface area contributed by atoms with Crippen LogP contribution in [0.2, 0.25) is 0 Å². The maximum Gasteiger partial charge on any atom is 0.228 e. The number of piperidine rings is 1. The fraction of sp³-hybridized carbons (Fsp3) is 0.467. The Kier molecular flexibility index (Phi) is 8.50. The van der Waals surface area contributed by atoms with Gasteiger partial charge in [-0.1, -0.05) is 6.07 Å². The maximum absolute atomic E-state index is 12.3. The van der Waals surface area contributed by atoms with Gasteiger partial charge in [0.1, 0.15) is 5.01 Å². The molecule has 3 heterocycles. The first kappa shape index (κ1) is 20.4. The van der Waals surface area contributed by atoms with Crippen molar-refractivity contribution in [3.63, 3.8) is 0 Å². The molecule has 1 fully saturated rings. The van der Waals surface area contributed by atoms with Crippen molar-refractivity contribution < 1.29 is 4.79 Å². The second-order valence-corrected chi connectivity index (χ2v) is 7.05. The Morgan fingerprint density at radius 1 is 1.35 bits per heavy atom. The van der Waals surface area contributed by atoms with Crippen LogP contribution in [-0.4, -0.2) is 42.0 Å². The van der Waals surface area contributed by atoms with E-state index in [-0.39, 0.29) is 30.7 Å². The minimum atomic E-state index is 0. The van der Waals surface area contributed by atoms with Crippen molar-refractivity contribution >= 4 is 53.4 Å². The van der Waals surface area contributed by atoms with Crippen LogP contribution in [0.1, 0.15) is 18.5 Å². The molecule has 1 saturated heterocycles. The molecule has 0 unspecified atom stereocenters. The fourth-order valence-electron chi connectivity index (χ4n) is 2.59. The monoisotopic (exact) mass is 393 g/mol. The van der Waals surface area contributed by atoms with Crippen LogP contribution in [0, 0.1) is 0 Å². The van der Waals surface area contributed by atoms with Gasteiger partial charge in [0.2, 0.25) is 5.91 Å². The number of amides is 1. The smallest absolute Gasteiger partial charge is 0.228 e. The fourth-order valence-corrected chi connectivity index (χ4v) is 4.22. The van der Waals surface area contributed by atoms with Gasteiger partial charge in [-0.3, -0.25) is 4.79 Å². The summed E-state index contributed by atoms with van der Waals surface area (Å²) in [4.78, 5) is 20.1. The number of halogens is 2. The lowest BCUT2D eigenvalue weighted by molar-refractivity contribution is -0.131. The van der Waals surface area contributed by atoms with Crippen molar-refractivity contribution in [2.24, 2.45) is 0 Å². The van der Waals surface area contributed by atoms with Gasteiger partial charge in [-0.05, 0) is 31.3 Å². The molecule has 4 nitrogen and oxygen atoms in total. The van der Waals surface area contributed by atoms with Crippen molar-refractivity contribution in [1.82, 2.24) is 15.2 Å². The molecule has 0 atom stereocenters. The van der Waals surface area contributed by atoms with Gasteiger partial charge in [0.05, 0.1) is 17.0 Å². The van der Waals surface area contributed by atoms with E-state index in [4.69, 9.17) is 0 Å². The second kappa shape index (κ2) is 9.59. The summed E-state index contributed by atoms with van der Waals surface area (Å²) >= 11 is 3.30. The molecule has 1 aliphatic rings. The van der Waals surface area contributed by atoms with Crippen LogP contribution in [0.5, 0.6) is 0 Å². The molecular weight excluding hydrogens is 373 g/mol. The van der Waals surface area contributed by atoms with Gasteiger partial charge in [-0.2, -0.15) is 0 Å². The average Bonchev–Trinajstić information content (AvgIpc) is 3.18. The number of thiophene rings is 1. The summed E-state index contributed by atoms with van der Waals surface area (Å²) in [6.07, 6.45) is 2.51. The van der Waals surface area contributed by atoms with Crippen molar-refractivity contribution in [2.75, 3.05) is 20.1 Å². The third-order valence-corrected chi connectivity index (χ3v) is 5.80. The van der Waals surface area contributed by atoms with E-state index >= 15 is 0 Å². The van der Waals surface area contributed by atoms with E-state index in [0.29, 0.717) is 12.5 Å². The molecule has 128 valence electrons. The lowest BCUT2D eigenvalue weighted by Crippen LogP contribution is -2.44. The van der Waals surface area contributed by atoms with E-state index in [1.165, 1.54) is 4.88 Å². The lowest BCUT2D eigenvalue weighted by atomic mass is 10.0. The van der Waals surface area contributed by atoms with Crippen molar-refractivity contribution in [3.05, 3.63) is 28.6 Å². The van der Waals surface area contributed by atoms with Crippen molar-refractivity contribution in [3.8, 4) is 9.88 Å². The Balaban J connectivity index is 0.00000132. The number of carbonyl (C=O) groups is 1. The van der Waals surface area contributed by atoms with Gasteiger partial charge in [-0.25, -0.2) is 4.98 Å². The Morgan fingerprint density at radius 3 is 2.70 bits per heavy atom. The number of rotatable bonds is 4. The van der Waals surface area contributed by atoms with Crippen LogP contribution < -0.4 is 5.32 Å². The number of hydrogen-bond donors (Lipinski definition) is 1. The SMILES string of the molecule is CNC1CCN(C(=O)Cc2csc(-c3cccs3)n2)CC1.Cl.Cl. The maximum atomic E-state index is 12.3. The summed E-state index contributed by atoms with van der Waals surface area (Å²) in [6, 6.07) is 4.65. The topological polar surface area (TPSA) is 45.2 Å². The van der Waals surface area contributed by atoms with E-state index in [0.717, 1.165) is 36.6 Å². The van der Waals surface area contributed by atoms with Gasteiger partial charge in [-0.15, -0.1) is 47.5 Å². The number of likely N-dealkylation sites (tertiary alicyclic amines) is 1. The summed E-state index contributed by atoms with van der Waals surface area (Å²) in [5, 5.41) is 8.36. The molecule has 0 saturated carbocycles. The molecule has 0 bridgehead atoms. The van der Waals surface area contributed by atoms with Crippen LogP contribution in [0.25, 0.3) is 9.88 Å². The molecule has 1 amide bonds. The zero-order valence-electron chi connectivity index (χ0n) is 12.9. The van der Waals surface area contributed by atoms with Gasteiger partial charge in [0.15, 0.2) is 0 Å². The molecule has 2 aromatic rings. The largest absolute Gasteiger partial charge is 0.342 e. The van der Waals surface area contributed by atoms with Gasteiger partial charge in [0, 0.05) is 24.5 Å². The van der Waals surface area contributed by atoms with Crippen LogP contribution in [0.3, 0.4) is 0 Å². The van der Waals surface area contributed by atoms with Crippen LogP contribution >= 0.6 is 47.5 Å². The third kappa shape index (κ3) is 5.16. The predicted octanol–water partition coefficient (Wildman–Crippen LogP) is 3.47. The zero-order chi connectivity index (χ0) is 14.7. The number of hydrogen-bond acceptors (Lipinski definition) is 5. The molecule has 2 aromatic heterocycles. The quantitative estimate of drug-likeness (QED) is 0.864. The standard InChI is InChI=1S/C15H19N3OS2.2ClH/c1-16-11-4-6-18(7-5-11)14(19)9-12-10-21-15(17-12)13-3-2-8-20-13;;/h2-3,8,10-11,16H,4-7,9H2,1H3;2*1H. The Bertz CT molecular complexity index is 596. The first-order valence-corrected chi connectivity index (χ1v) is 8.95.